The fourth-order valence-electron chi connectivity index (χ4n) is 1.83. The largest absolute Gasteiger partial charge is 0.481 e. The van der Waals surface area contributed by atoms with Gasteiger partial charge < -0.3 is 15.7 Å². The molecule has 0 aliphatic heterocycles. The molecule has 0 aliphatic rings. The van der Waals surface area contributed by atoms with Gasteiger partial charge in [-0.25, -0.2) is 0 Å². The van der Waals surface area contributed by atoms with Crippen molar-refractivity contribution in [3.63, 3.8) is 0 Å². The summed E-state index contributed by atoms with van der Waals surface area (Å²) in [6, 6.07) is 0.0150. The number of carboxylic acid groups (broad SMARTS) is 1. The molecule has 0 rings (SSSR count). The molecule has 20 heavy (non-hydrogen) atoms. The zero-order valence-electron chi connectivity index (χ0n) is 12.4. The summed E-state index contributed by atoms with van der Waals surface area (Å²) in [4.78, 5) is 32.6. The number of rotatable bonds is 11. The molecule has 0 bridgehead atoms. The Morgan fingerprint density at radius 2 is 1.75 bits per heavy atom. The van der Waals surface area contributed by atoms with E-state index in [1.54, 1.807) is 0 Å². The normalized spacial score (nSPS) is 11.7. The SMILES string of the molecule is CC(=O)NCCCCCC(=O)NC(C)CCCC(=O)O. The molecule has 0 aromatic heterocycles. The molecule has 0 heterocycles. The van der Waals surface area contributed by atoms with Crippen molar-refractivity contribution >= 4 is 17.8 Å². The van der Waals surface area contributed by atoms with Crippen LogP contribution in [-0.4, -0.2) is 35.5 Å². The first kappa shape index (κ1) is 18.4. The lowest BCUT2D eigenvalue weighted by Gasteiger charge is -2.13. The van der Waals surface area contributed by atoms with E-state index < -0.39 is 5.97 Å². The van der Waals surface area contributed by atoms with Gasteiger partial charge in [0, 0.05) is 32.4 Å². The topological polar surface area (TPSA) is 95.5 Å². The van der Waals surface area contributed by atoms with E-state index in [-0.39, 0.29) is 24.3 Å². The molecular formula is C14H26N2O4. The summed E-state index contributed by atoms with van der Waals surface area (Å²) in [5.74, 6) is -0.826. The maximum Gasteiger partial charge on any atom is 0.303 e. The predicted octanol–water partition coefficient (Wildman–Crippen LogP) is 1.44. The third kappa shape index (κ3) is 12.9. The summed E-state index contributed by atoms with van der Waals surface area (Å²) in [6.07, 6.45) is 4.45. The van der Waals surface area contributed by atoms with Crippen LogP contribution >= 0.6 is 0 Å². The van der Waals surface area contributed by atoms with Gasteiger partial charge in [0.05, 0.1) is 0 Å². The van der Waals surface area contributed by atoms with Gasteiger partial charge in [-0.2, -0.15) is 0 Å². The summed E-state index contributed by atoms with van der Waals surface area (Å²) in [5.41, 5.74) is 0. The van der Waals surface area contributed by atoms with Gasteiger partial charge in [-0.1, -0.05) is 6.42 Å². The number of carbonyl (C=O) groups is 3. The number of hydrogen-bond acceptors (Lipinski definition) is 3. The summed E-state index contributed by atoms with van der Waals surface area (Å²) < 4.78 is 0. The van der Waals surface area contributed by atoms with Crippen LogP contribution in [0, 0.1) is 0 Å². The molecule has 0 fully saturated rings. The zero-order valence-corrected chi connectivity index (χ0v) is 12.4. The first-order valence-corrected chi connectivity index (χ1v) is 7.17. The van der Waals surface area contributed by atoms with Crippen molar-refractivity contribution in [1.82, 2.24) is 10.6 Å². The van der Waals surface area contributed by atoms with E-state index in [2.05, 4.69) is 10.6 Å². The summed E-state index contributed by atoms with van der Waals surface area (Å²) >= 11 is 0. The standard InChI is InChI=1S/C14H26N2O4/c1-11(7-6-9-14(19)20)16-13(18)8-4-3-5-10-15-12(2)17/h11H,3-10H2,1-2H3,(H,15,17)(H,16,18)(H,19,20). The first-order chi connectivity index (χ1) is 9.41. The first-order valence-electron chi connectivity index (χ1n) is 7.17. The van der Waals surface area contributed by atoms with E-state index in [0.717, 1.165) is 19.3 Å². The summed E-state index contributed by atoms with van der Waals surface area (Å²) in [6.45, 7) is 4.03. The molecule has 2 amide bonds. The highest BCUT2D eigenvalue weighted by molar-refractivity contribution is 5.76. The number of unbranched alkanes of at least 4 members (excludes halogenated alkanes) is 2. The molecule has 0 aliphatic carbocycles. The van der Waals surface area contributed by atoms with E-state index >= 15 is 0 Å². The van der Waals surface area contributed by atoms with Gasteiger partial charge >= 0.3 is 5.97 Å². The van der Waals surface area contributed by atoms with Crippen LogP contribution in [0.1, 0.15) is 58.8 Å². The van der Waals surface area contributed by atoms with Crippen molar-refractivity contribution in [3.8, 4) is 0 Å². The number of amides is 2. The average molecular weight is 286 g/mol. The van der Waals surface area contributed by atoms with Crippen LogP contribution in [0.4, 0.5) is 0 Å². The number of hydrogen-bond donors (Lipinski definition) is 3. The lowest BCUT2D eigenvalue weighted by atomic mass is 10.1. The van der Waals surface area contributed by atoms with Crippen molar-refractivity contribution in [2.45, 2.75) is 64.8 Å². The Bertz CT molecular complexity index is 318. The molecule has 116 valence electrons. The van der Waals surface area contributed by atoms with E-state index in [0.29, 0.717) is 25.8 Å². The minimum Gasteiger partial charge on any atom is -0.481 e. The number of carbonyl (C=O) groups excluding carboxylic acids is 2. The highest BCUT2D eigenvalue weighted by Gasteiger charge is 2.07. The second-order valence-corrected chi connectivity index (χ2v) is 5.05. The Labute approximate surface area is 120 Å². The van der Waals surface area contributed by atoms with Crippen molar-refractivity contribution in [3.05, 3.63) is 0 Å². The number of nitrogens with one attached hydrogen (secondary N) is 2. The molecule has 0 spiro atoms. The van der Waals surface area contributed by atoms with Gasteiger partial charge in [-0.05, 0) is 32.6 Å². The fourth-order valence-corrected chi connectivity index (χ4v) is 1.83. The monoisotopic (exact) mass is 286 g/mol. The molecule has 6 heteroatoms. The van der Waals surface area contributed by atoms with Gasteiger partial charge in [-0.15, -0.1) is 0 Å². The molecule has 0 saturated heterocycles. The molecule has 0 radical (unpaired) electrons. The van der Waals surface area contributed by atoms with Gasteiger partial charge in [0.15, 0.2) is 0 Å². The van der Waals surface area contributed by atoms with Gasteiger partial charge in [-0.3, -0.25) is 14.4 Å². The van der Waals surface area contributed by atoms with Crippen LogP contribution in [0.2, 0.25) is 0 Å². The highest BCUT2D eigenvalue weighted by Crippen LogP contribution is 2.03. The van der Waals surface area contributed by atoms with Crippen LogP contribution in [0.25, 0.3) is 0 Å². The molecule has 0 saturated carbocycles. The lowest BCUT2D eigenvalue weighted by molar-refractivity contribution is -0.137. The second kappa shape index (κ2) is 11.3. The van der Waals surface area contributed by atoms with Crippen LogP contribution in [-0.2, 0) is 14.4 Å². The highest BCUT2D eigenvalue weighted by atomic mass is 16.4. The molecule has 0 aromatic carbocycles. The molecule has 0 aromatic rings. The van der Waals surface area contributed by atoms with Crippen LogP contribution in [0.15, 0.2) is 0 Å². The van der Waals surface area contributed by atoms with Crippen molar-refractivity contribution in [1.29, 1.82) is 0 Å². The van der Waals surface area contributed by atoms with Gasteiger partial charge in [0.2, 0.25) is 11.8 Å². The Balaban J connectivity index is 3.48. The molecular weight excluding hydrogens is 260 g/mol. The zero-order chi connectivity index (χ0) is 15.4. The van der Waals surface area contributed by atoms with Gasteiger partial charge in [0.25, 0.3) is 0 Å². The molecule has 3 N–H and O–H groups in total. The van der Waals surface area contributed by atoms with E-state index in [1.807, 2.05) is 6.92 Å². The summed E-state index contributed by atoms with van der Waals surface area (Å²) in [5, 5.41) is 14.1. The lowest BCUT2D eigenvalue weighted by Crippen LogP contribution is -2.32. The second-order valence-electron chi connectivity index (χ2n) is 5.05. The van der Waals surface area contributed by atoms with Crippen molar-refractivity contribution < 1.29 is 19.5 Å². The van der Waals surface area contributed by atoms with Crippen LogP contribution < -0.4 is 10.6 Å². The number of carboxylic acids is 1. The quantitative estimate of drug-likeness (QED) is 0.501. The van der Waals surface area contributed by atoms with E-state index in [4.69, 9.17) is 5.11 Å². The molecule has 6 nitrogen and oxygen atoms in total. The Kier molecular flexibility index (Phi) is 10.4. The van der Waals surface area contributed by atoms with Crippen molar-refractivity contribution in [2.24, 2.45) is 0 Å². The number of aliphatic carboxylic acids is 1. The smallest absolute Gasteiger partial charge is 0.303 e. The minimum atomic E-state index is -0.803. The maximum atomic E-state index is 11.6. The third-order valence-corrected chi connectivity index (χ3v) is 2.89. The van der Waals surface area contributed by atoms with Crippen LogP contribution in [0.5, 0.6) is 0 Å². The Morgan fingerprint density at radius 1 is 1.05 bits per heavy atom. The third-order valence-electron chi connectivity index (χ3n) is 2.89. The fraction of sp³-hybridized carbons (Fsp3) is 0.786. The van der Waals surface area contributed by atoms with Crippen molar-refractivity contribution in [2.75, 3.05) is 6.54 Å². The van der Waals surface area contributed by atoms with Gasteiger partial charge in [0.1, 0.15) is 0 Å². The Morgan fingerprint density at radius 3 is 2.35 bits per heavy atom. The van der Waals surface area contributed by atoms with E-state index in [1.165, 1.54) is 6.92 Å². The van der Waals surface area contributed by atoms with Crippen LogP contribution in [0.3, 0.4) is 0 Å². The molecule has 1 unspecified atom stereocenters. The average Bonchev–Trinajstić information content (AvgIpc) is 2.32. The minimum absolute atomic E-state index is 0.00681. The molecule has 1 atom stereocenters. The van der Waals surface area contributed by atoms with E-state index in [9.17, 15) is 14.4 Å². The predicted molar refractivity (Wildman–Crippen MR) is 76.2 cm³/mol. The maximum absolute atomic E-state index is 11.6. The summed E-state index contributed by atoms with van der Waals surface area (Å²) in [7, 11) is 0. The Hall–Kier alpha value is -1.59.